The minimum absolute atomic E-state index is 0.0346. The monoisotopic (exact) mass is 244 g/mol. The van der Waals surface area contributed by atoms with Crippen LogP contribution < -0.4 is 5.73 Å². The molecule has 0 radical (unpaired) electrons. The van der Waals surface area contributed by atoms with Crippen LogP contribution in [0.25, 0.3) is 0 Å². The van der Waals surface area contributed by atoms with Gasteiger partial charge in [-0.25, -0.2) is 0 Å². The van der Waals surface area contributed by atoms with Crippen LogP contribution >= 0.6 is 11.8 Å². The van der Waals surface area contributed by atoms with Crippen molar-refractivity contribution >= 4 is 11.8 Å². The lowest BCUT2D eigenvalue weighted by atomic mass is 9.92. The molecule has 3 nitrogen and oxygen atoms in total. The molecule has 2 unspecified atom stereocenters. The van der Waals surface area contributed by atoms with E-state index < -0.39 is 0 Å². The van der Waals surface area contributed by atoms with Crippen LogP contribution in [-0.2, 0) is 4.74 Å². The van der Waals surface area contributed by atoms with E-state index in [9.17, 15) is 0 Å². The second-order valence-corrected chi connectivity index (χ2v) is 6.90. The third-order valence-corrected chi connectivity index (χ3v) is 4.94. The number of hydrogen-bond donors (Lipinski definition) is 1. The van der Waals surface area contributed by atoms with E-state index in [1.807, 2.05) is 11.8 Å². The topological polar surface area (TPSA) is 38.5 Å². The highest BCUT2D eigenvalue weighted by atomic mass is 32.2. The van der Waals surface area contributed by atoms with Gasteiger partial charge in [-0.3, -0.25) is 4.90 Å². The molecule has 0 bridgehead atoms. The first-order valence-electron chi connectivity index (χ1n) is 6.18. The molecule has 0 amide bonds. The number of nitrogens with zero attached hydrogens (tertiary/aromatic N) is 1. The molecule has 2 saturated heterocycles. The molecule has 0 aromatic rings. The average molecular weight is 244 g/mol. The maximum atomic E-state index is 6.04. The van der Waals surface area contributed by atoms with Gasteiger partial charge in [-0.2, -0.15) is 11.8 Å². The van der Waals surface area contributed by atoms with Crippen LogP contribution in [0.5, 0.6) is 0 Å². The molecule has 0 aliphatic carbocycles. The van der Waals surface area contributed by atoms with Gasteiger partial charge in [0.05, 0.1) is 11.7 Å². The largest absolute Gasteiger partial charge is 0.370 e. The summed E-state index contributed by atoms with van der Waals surface area (Å²) in [5.74, 6) is 2.44. The van der Waals surface area contributed by atoms with Crippen molar-refractivity contribution in [1.29, 1.82) is 0 Å². The minimum atomic E-state index is -0.0346. The van der Waals surface area contributed by atoms with E-state index in [1.54, 1.807) is 0 Å². The highest BCUT2D eigenvalue weighted by Gasteiger charge is 2.44. The normalized spacial score (nSPS) is 40.1. The molecule has 16 heavy (non-hydrogen) atoms. The van der Waals surface area contributed by atoms with Gasteiger partial charge in [0.25, 0.3) is 0 Å². The number of rotatable bonds is 2. The van der Waals surface area contributed by atoms with Crippen LogP contribution in [0.4, 0.5) is 0 Å². The third-order valence-electron chi connectivity index (χ3n) is 3.70. The molecule has 94 valence electrons. The summed E-state index contributed by atoms with van der Waals surface area (Å²) in [6, 6.07) is 0. The fourth-order valence-electron chi connectivity index (χ4n) is 2.95. The maximum absolute atomic E-state index is 6.04. The Morgan fingerprint density at radius 1 is 1.50 bits per heavy atom. The molecule has 2 aliphatic rings. The Bertz CT molecular complexity index is 251. The fourth-order valence-corrected chi connectivity index (χ4v) is 4.44. The third kappa shape index (κ3) is 2.40. The fraction of sp³-hybridized carbons (Fsp3) is 1.00. The second-order valence-electron chi connectivity index (χ2n) is 5.80. The zero-order chi connectivity index (χ0) is 11.8. The van der Waals surface area contributed by atoms with E-state index in [4.69, 9.17) is 10.5 Å². The van der Waals surface area contributed by atoms with Gasteiger partial charge in [0.15, 0.2) is 0 Å². The minimum Gasteiger partial charge on any atom is -0.370 e. The van der Waals surface area contributed by atoms with Crippen molar-refractivity contribution in [2.24, 2.45) is 5.73 Å². The first-order chi connectivity index (χ1) is 7.47. The Morgan fingerprint density at radius 3 is 2.75 bits per heavy atom. The zero-order valence-electron chi connectivity index (χ0n) is 10.7. The highest BCUT2D eigenvalue weighted by Crippen LogP contribution is 2.36. The summed E-state index contributed by atoms with van der Waals surface area (Å²) in [5, 5.41) is 0. The van der Waals surface area contributed by atoms with E-state index >= 15 is 0 Å². The zero-order valence-corrected chi connectivity index (χ0v) is 11.5. The summed E-state index contributed by atoms with van der Waals surface area (Å²) in [4.78, 5) is 2.58. The lowest BCUT2D eigenvalue weighted by Crippen LogP contribution is -2.63. The smallest absolute Gasteiger partial charge is 0.0757 e. The molecule has 2 N–H and O–H groups in total. The highest BCUT2D eigenvalue weighted by molar-refractivity contribution is 7.99. The predicted octanol–water partition coefficient (Wildman–Crippen LogP) is 1.32. The molecule has 0 aromatic heterocycles. The summed E-state index contributed by atoms with van der Waals surface area (Å²) in [7, 11) is 0. The van der Waals surface area contributed by atoms with Gasteiger partial charge in [-0.1, -0.05) is 0 Å². The molecular formula is C12H24N2OS. The van der Waals surface area contributed by atoms with E-state index in [0.29, 0.717) is 6.10 Å². The van der Waals surface area contributed by atoms with Crippen LogP contribution in [0.1, 0.15) is 27.2 Å². The van der Waals surface area contributed by atoms with Crippen molar-refractivity contribution in [3.63, 3.8) is 0 Å². The molecule has 2 aliphatic heterocycles. The molecule has 4 heteroatoms. The van der Waals surface area contributed by atoms with E-state index in [1.165, 1.54) is 17.9 Å². The number of morpholine rings is 1. The Kier molecular flexibility index (Phi) is 3.55. The van der Waals surface area contributed by atoms with Crippen molar-refractivity contribution in [2.75, 3.05) is 31.1 Å². The number of hydrogen-bond acceptors (Lipinski definition) is 4. The first-order valence-corrected chi connectivity index (χ1v) is 7.34. The van der Waals surface area contributed by atoms with Gasteiger partial charge >= 0.3 is 0 Å². The Hall–Kier alpha value is 0.230. The van der Waals surface area contributed by atoms with Crippen molar-refractivity contribution in [1.82, 2.24) is 4.90 Å². The van der Waals surface area contributed by atoms with Crippen LogP contribution in [0, 0.1) is 0 Å². The predicted molar refractivity (Wildman–Crippen MR) is 69.9 cm³/mol. The summed E-state index contributed by atoms with van der Waals surface area (Å²) in [6.07, 6.45) is 1.55. The first kappa shape index (κ1) is 12.7. The van der Waals surface area contributed by atoms with Gasteiger partial charge in [-0.05, 0) is 32.9 Å². The Balaban J connectivity index is 2.13. The summed E-state index contributed by atoms with van der Waals surface area (Å²) in [6.45, 7) is 9.35. The van der Waals surface area contributed by atoms with Crippen molar-refractivity contribution in [3.8, 4) is 0 Å². The molecule has 0 aromatic carbocycles. The van der Waals surface area contributed by atoms with Gasteiger partial charge < -0.3 is 10.5 Å². The SMILES string of the molecule is CC1CN(C2(CN)CCSC2)CC(C)(C)O1. The molecule has 2 fully saturated rings. The number of nitrogens with two attached hydrogens (primary N) is 1. The molecule has 0 spiro atoms. The lowest BCUT2D eigenvalue weighted by Gasteiger charge is -2.49. The Morgan fingerprint density at radius 2 is 2.25 bits per heavy atom. The molecular weight excluding hydrogens is 220 g/mol. The van der Waals surface area contributed by atoms with E-state index in [-0.39, 0.29) is 11.1 Å². The molecule has 2 rings (SSSR count). The average Bonchev–Trinajstić information content (AvgIpc) is 2.63. The second kappa shape index (κ2) is 4.48. The van der Waals surface area contributed by atoms with E-state index in [2.05, 4.69) is 25.7 Å². The molecule has 2 heterocycles. The van der Waals surface area contributed by atoms with Gasteiger partial charge in [0.2, 0.25) is 0 Å². The summed E-state index contributed by atoms with van der Waals surface area (Å²) >= 11 is 2.04. The quantitative estimate of drug-likeness (QED) is 0.795. The summed E-state index contributed by atoms with van der Waals surface area (Å²) < 4.78 is 5.96. The van der Waals surface area contributed by atoms with Crippen molar-refractivity contribution < 1.29 is 4.74 Å². The Labute approximate surface area is 103 Å². The maximum Gasteiger partial charge on any atom is 0.0757 e. The van der Waals surface area contributed by atoms with Crippen LogP contribution in [0.2, 0.25) is 0 Å². The van der Waals surface area contributed by atoms with Crippen LogP contribution in [-0.4, -0.2) is 53.3 Å². The number of ether oxygens (including phenoxy) is 1. The number of thioether (sulfide) groups is 1. The van der Waals surface area contributed by atoms with Gasteiger partial charge in [0, 0.05) is 30.9 Å². The van der Waals surface area contributed by atoms with E-state index in [0.717, 1.165) is 19.6 Å². The van der Waals surface area contributed by atoms with Gasteiger partial charge in [-0.15, -0.1) is 0 Å². The lowest BCUT2D eigenvalue weighted by molar-refractivity contribution is -0.149. The standard InChI is InChI=1S/C12H24N2OS/c1-10-6-14(8-11(2,3)15-10)12(7-13)4-5-16-9-12/h10H,4-9,13H2,1-3H3. The van der Waals surface area contributed by atoms with Crippen LogP contribution in [0.15, 0.2) is 0 Å². The van der Waals surface area contributed by atoms with Crippen molar-refractivity contribution in [2.45, 2.75) is 44.4 Å². The molecule has 0 saturated carbocycles. The van der Waals surface area contributed by atoms with Gasteiger partial charge in [0.1, 0.15) is 0 Å². The van der Waals surface area contributed by atoms with Crippen LogP contribution in [0.3, 0.4) is 0 Å². The van der Waals surface area contributed by atoms with Crippen molar-refractivity contribution in [3.05, 3.63) is 0 Å². The molecule has 2 atom stereocenters. The summed E-state index contributed by atoms with van der Waals surface area (Å²) in [5.41, 5.74) is 6.24.